The maximum Gasteiger partial charge on any atom is 0.452 e. The second kappa shape index (κ2) is 9.18. The lowest BCUT2D eigenvalue weighted by Gasteiger charge is -2.15. The van der Waals surface area contributed by atoms with E-state index in [9.17, 15) is 9.18 Å². The molecule has 9 nitrogen and oxygen atoms in total. The number of nitrogen functional groups attached to an aromatic ring is 1. The minimum atomic E-state index is -0.551. The number of rotatable bonds is 5. The molecule has 3 heterocycles. The number of nitrogens with zero attached hydrogens (tertiary/aromatic N) is 4. The number of carbonyl (C=O) groups is 1. The van der Waals surface area contributed by atoms with E-state index in [1.807, 2.05) is 0 Å². The van der Waals surface area contributed by atoms with Crippen LogP contribution in [0.4, 0.5) is 26.4 Å². The number of hydrogen-bond donors (Lipinski definition) is 2. The van der Waals surface area contributed by atoms with Gasteiger partial charge >= 0.3 is 6.09 Å². The van der Waals surface area contributed by atoms with Crippen molar-refractivity contribution in [2.24, 2.45) is 0 Å². The third-order valence-electron chi connectivity index (χ3n) is 5.51. The number of hydrogen-bond acceptors (Lipinski definition) is 8. The Kier molecular flexibility index (Phi) is 5.77. The predicted octanol–water partition coefficient (Wildman–Crippen LogP) is 4.68. The molecular formula is C24H21FN6O3. The average Bonchev–Trinajstić information content (AvgIpc) is 3.39. The Balaban J connectivity index is 1.38. The van der Waals surface area contributed by atoms with Crippen LogP contribution < -0.4 is 15.9 Å². The van der Waals surface area contributed by atoms with Crippen LogP contribution in [0.5, 0.6) is 5.75 Å². The van der Waals surface area contributed by atoms with E-state index in [0.717, 1.165) is 12.8 Å². The quantitative estimate of drug-likeness (QED) is 0.251. The van der Waals surface area contributed by atoms with Crippen molar-refractivity contribution in [2.75, 3.05) is 24.1 Å². The number of aromatic nitrogens is 3. The fraction of sp³-hybridized carbons (Fsp3) is 0.167. The number of carbonyl (C=O) groups excluding carboxylic acids is 1. The van der Waals surface area contributed by atoms with Crippen LogP contribution >= 0.6 is 0 Å². The maximum absolute atomic E-state index is 14.2. The Labute approximate surface area is 194 Å². The molecule has 0 bridgehead atoms. The van der Waals surface area contributed by atoms with Gasteiger partial charge in [-0.2, -0.15) is 0 Å². The van der Waals surface area contributed by atoms with Crippen molar-refractivity contribution < 1.29 is 19.0 Å². The highest BCUT2D eigenvalue weighted by atomic mass is 19.1. The Bertz CT molecular complexity index is 1360. The number of nitrogens with one attached hydrogen (secondary N) is 1. The first-order valence-corrected chi connectivity index (χ1v) is 10.7. The molecule has 2 aromatic carbocycles. The molecule has 1 saturated heterocycles. The van der Waals surface area contributed by atoms with Gasteiger partial charge in [0.15, 0.2) is 0 Å². The Hall–Kier alpha value is -4.47. The molecule has 0 saturated carbocycles. The number of halogens is 1. The van der Waals surface area contributed by atoms with E-state index < -0.39 is 6.09 Å². The smallest absolute Gasteiger partial charge is 0.396 e. The van der Waals surface area contributed by atoms with Crippen LogP contribution in [0.25, 0.3) is 22.2 Å². The van der Waals surface area contributed by atoms with Crippen molar-refractivity contribution in [2.45, 2.75) is 12.8 Å². The predicted molar refractivity (Wildman–Crippen MR) is 125 cm³/mol. The van der Waals surface area contributed by atoms with Crippen LogP contribution in [-0.4, -0.2) is 39.0 Å². The highest BCUT2D eigenvalue weighted by Gasteiger charge is 2.21. The first-order chi connectivity index (χ1) is 16.6. The van der Waals surface area contributed by atoms with Gasteiger partial charge in [0.05, 0.1) is 16.9 Å². The van der Waals surface area contributed by atoms with E-state index in [1.165, 1.54) is 12.4 Å². The Morgan fingerprint density at radius 2 is 1.88 bits per heavy atom. The minimum absolute atomic E-state index is 0.176. The molecule has 172 valence electrons. The summed E-state index contributed by atoms with van der Waals surface area (Å²) in [5.41, 5.74) is 8.46. The molecule has 0 spiro atoms. The summed E-state index contributed by atoms with van der Waals surface area (Å²) >= 11 is 0. The Morgan fingerprint density at radius 1 is 1.06 bits per heavy atom. The zero-order chi connectivity index (χ0) is 23.5. The second-order valence-electron chi connectivity index (χ2n) is 7.79. The van der Waals surface area contributed by atoms with Gasteiger partial charge in [0.2, 0.25) is 5.75 Å². The summed E-state index contributed by atoms with van der Waals surface area (Å²) in [6.07, 6.45) is 4.31. The lowest BCUT2D eigenvalue weighted by Crippen LogP contribution is -2.29. The Morgan fingerprint density at radius 3 is 2.71 bits per heavy atom. The average molecular weight is 460 g/mol. The molecule has 4 aromatic rings. The van der Waals surface area contributed by atoms with E-state index >= 15 is 0 Å². The van der Waals surface area contributed by atoms with Gasteiger partial charge in [-0.05, 0) is 43.2 Å². The van der Waals surface area contributed by atoms with Gasteiger partial charge in [0.1, 0.15) is 18.0 Å². The van der Waals surface area contributed by atoms with E-state index in [0.29, 0.717) is 46.8 Å². The lowest BCUT2D eigenvalue weighted by atomic mass is 10.1. The molecule has 1 aliphatic rings. The normalized spacial score (nSPS) is 13.1. The molecule has 0 aliphatic carbocycles. The number of fused-ring (bicyclic) bond motifs is 1. The topological polar surface area (TPSA) is 115 Å². The van der Waals surface area contributed by atoms with Gasteiger partial charge in [-0.1, -0.05) is 12.1 Å². The number of anilines is 3. The number of benzene rings is 2. The summed E-state index contributed by atoms with van der Waals surface area (Å²) in [6.45, 7) is 1.29. The van der Waals surface area contributed by atoms with Crippen LogP contribution in [0, 0.1) is 5.82 Å². The molecule has 0 unspecified atom stereocenters. The van der Waals surface area contributed by atoms with Gasteiger partial charge in [0, 0.05) is 42.0 Å². The van der Waals surface area contributed by atoms with Crippen LogP contribution in [0.2, 0.25) is 0 Å². The van der Waals surface area contributed by atoms with Crippen molar-refractivity contribution in [3.05, 3.63) is 66.9 Å². The highest BCUT2D eigenvalue weighted by Crippen LogP contribution is 2.32. The van der Waals surface area contributed by atoms with Crippen molar-refractivity contribution >= 4 is 34.2 Å². The van der Waals surface area contributed by atoms with Crippen LogP contribution in [-0.2, 0) is 4.89 Å². The lowest BCUT2D eigenvalue weighted by molar-refractivity contribution is -0.152. The van der Waals surface area contributed by atoms with Crippen molar-refractivity contribution in [3.8, 4) is 17.0 Å². The third-order valence-corrected chi connectivity index (χ3v) is 5.51. The molecule has 34 heavy (non-hydrogen) atoms. The van der Waals surface area contributed by atoms with Crippen LogP contribution in [0.15, 0.2) is 61.1 Å². The summed E-state index contributed by atoms with van der Waals surface area (Å²) in [5, 5.41) is 3.84. The summed E-state index contributed by atoms with van der Waals surface area (Å²) in [6, 6.07) is 13.1. The number of likely N-dealkylation sites (tertiary alicyclic amines) is 1. The largest absolute Gasteiger partial charge is 0.452 e. The first kappa shape index (κ1) is 21.4. The van der Waals surface area contributed by atoms with Crippen molar-refractivity contribution in [1.82, 2.24) is 19.9 Å². The van der Waals surface area contributed by atoms with Gasteiger partial charge < -0.3 is 16.0 Å². The van der Waals surface area contributed by atoms with Gasteiger partial charge in [0.25, 0.3) is 0 Å². The van der Waals surface area contributed by atoms with E-state index in [4.69, 9.17) is 15.5 Å². The first-order valence-electron chi connectivity index (χ1n) is 10.7. The molecule has 2 aromatic heterocycles. The molecule has 0 atom stereocenters. The van der Waals surface area contributed by atoms with Crippen LogP contribution in [0.3, 0.4) is 0 Å². The van der Waals surface area contributed by atoms with Crippen molar-refractivity contribution in [1.29, 1.82) is 0 Å². The summed E-state index contributed by atoms with van der Waals surface area (Å²) in [5.74, 6) is 0.309. The number of amides is 1. The van der Waals surface area contributed by atoms with E-state index in [2.05, 4.69) is 20.3 Å². The zero-order valence-corrected chi connectivity index (χ0v) is 18.1. The van der Waals surface area contributed by atoms with Gasteiger partial charge in [-0.25, -0.2) is 24.0 Å². The van der Waals surface area contributed by atoms with E-state index in [-0.39, 0.29) is 17.3 Å². The zero-order valence-electron chi connectivity index (χ0n) is 18.1. The molecule has 1 aliphatic heterocycles. The standard InChI is InChI=1S/C24H21FN6O3/c25-18-6-2-1-5-16(18)20-11-15(7-8-27-20)30-23-17-12-19(26)22(13-21(17)28-14-29-23)33-34-24(32)31-9-3-4-10-31/h1-2,5-8,11-14H,3-4,9-10,26H2,(H,27,28,29,30). The maximum atomic E-state index is 14.2. The molecule has 3 N–H and O–H groups in total. The molecule has 5 rings (SSSR count). The molecule has 1 amide bonds. The van der Waals surface area contributed by atoms with Gasteiger partial charge in [-0.3, -0.25) is 9.87 Å². The summed E-state index contributed by atoms with van der Waals surface area (Å²) in [4.78, 5) is 36.7. The molecule has 0 radical (unpaired) electrons. The number of nitrogens with two attached hydrogens (primary N) is 1. The van der Waals surface area contributed by atoms with Crippen LogP contribution in [0.1, 0.15) is 12.8 Å². The second-order valence-corrected chi connectivity index (χ2v) is 7.79. The molecular weight excluding hydrogens is 439 g/mol. The summed E-state index contributed by atoms with van der Waals surface area (Å²) in [7, 11) is 0. The van der Waals surface area contributed by atoms with Gasteiger partial charge in [-0.15, -0.1) is 0 Å². The van der Waals surface area contributed by atoms with E-state index in [1.54, 1.807) is 53.6 Å². The highest BCUT2D eigenvalue weighted by molar-refractivity contribution is 5.94. The monoisotopic (exact) mass is 460 g/mol. The fourth-order valence-corrected chi connectivity index (χ4v) is 3.77. The summed E-state index contributed by atoms with van der Waals surface area (Å²) < 4.78 is 14.2. The SMILES string of the molecule is Nc1cc2c(Nc3ccnc(-c4ccccc4F)c3)ncnc2cc1OOC(=O)N1CCCC1. The third kappa shape index (κ3) is 4.38. The van der Waals surface area contributed by atoms with Crippen molar-refractivity contribution in [3.63, 3.8) is 0 Å². The number of pyridine rings is 1. The molecule has 1 fully saturated rings. The molecule has 10 heteroatoms. The minimum Gasteiger partial charge on any atom is -0.396 e. The fourth-order valence-electron chi connectivity index (χ4n) is 3.77.